The van der Waals surface area contributed by atoms with E-state index in [4.69, 9.17) is 0 Å². The number of amides is 1. The monoisotopic (exact) mass is 447 g/mol. The number of rotatable bonds is 9. The van der Waals surface area contributed by atoms with E-state index in [0.717, 1.165) is 35.9 Å². The van der Waals surface area contributed by atoms with Crippen molar-refractivity contribution in [2.75, 3.05) is 37.0 Å². The summed E-state index contributed by atoms with van der Waals surface area (Å²) in [6.07, 6.45) is 4.53. The molecule has 1 fully saturated rings. The highest BCUT2D eigenvalue weighted by molar-refractivity contribution is 7.92. The predicted octanol–water partition coefficient (Wildman–Crippen LogP) is 3.32. The summed E-state index contributed by atoms with van der Waals surface area (Å²) in [4.78, 5) is 15.0. The third-order valence-electron chi connectivity index (χ3n) is 5.43. The lowest BCUT2D eigenvalue weighted by Crippen LogP contribution is -2.41. The minimum absolute atomic E-state index is 0.0836. The number of piperidine rings is 1. The Kier molecular flexibility index (Phi) is 8.03. The first-order valence-corrected chi connectivity index (χ1v) is 12.1. The molecular weight excluding hydrogens is 417 g/mol. The van der Waals surface area contributed by atoms with E-state index in [2.05, 4.69) is 10.2 Å². The number of benzene rings is 2. The van der Waals surface area contributed by atoms with Crippen LogP contribution in [0.5, 0.6) is 0 Å². The molecule has 8 heteroatoms. The number of carbonyl (C=O) groups is 1. The molecule has 0 unspecified atom stereocenters. The average molecular weight is 448 g/mol. The molecule has 0 bridgehead atoms. The molecule has 1 N–H and O–H groups in total. The Morgan fingerprint density at radius 1 is 1.03 bits per heavy atom. The number of likely N-dealkylation sites (tertiary alicyclic amines) is 1. The van der Waals surface area contributed by atoms with E-state index in [1.807, 2.05) is 6.92 Å². The Morgan fingerprint density at radius 2 is 1.68 bits per heavy atom. The van der Waals surface area contributed by atoms with Crippen LogP contribution in [-0.2, 0) is 14.8 Å². The van der Waals surface area contributed by atoms with Gasteiger partial charge in [0.15, 0.2) is 0 Å². The topological polar surface area (TPSA) is 69.7 Å². The van der Waals surface area contributed by atoms with Crippen molar-refractivity contribution in [2.24, 2.45) is 0 Å². The van der Waals surface area contributed by atoms with E-state index >= 15 is 0 Å². The molecule has 2 aromatic carbocycles. The maximum absolute atomic E-state index is 13.4. The molecule has 1 heterocycles. The summed E-state index contributed by atoms with van der Waals surface area (Å²) in [5.41, 5.74) is 1.17. The van der Waals surface area contributed by atoms with Crippen LogP contribution in [0.3, 0.4) is 0 Å². The fourth-order valence-electron chi connectivity index (χ4n) is 3.66. The van der Waals surface area contributed by atoms with Gasteiger partial charge in [-0.15, -0.1) is 0 Å². The van der Waals surface area contributed by atoms with Gasteiger partial charge in [-0.2, -0.15) is 0 Å². The summed E-state index contributed by atoms with van der Waals surface area (Å²) < 4.78 is 40.9. The van der Waals surface area contributed by atoms with Crippen molar-refractivity contribution in [3.63, 3.8) is 0 Å². The summed E-state index contributed by atoms with van der Waals surface area (Å²) in [5, 5.41) is 2.82. The number of halogens is 1. The highest BCUT2D eigenvalue weighted by Crippen LogP contribution is 2.24. The molecule has 1 aliphatic rings. The fraction of sp³-hybridized carbons (Fsp3) is 0.435. The minimum atomic E-state index is -3.98. The molecule has 0 saturated carbocycles. The number of hydrogen-bond acceptors (Lipinski definition) is 4. The predicted molar refractivity (Wildman–Crippen MR) is 120 cm³/mol. The standard InChI is InChI=1S/C23H30FN3O3S/c1-19-6-12-22(13-7-19)31(29,30)27(21-10-8-20(24)9-11-21)18-23(28)25-14-5-17-26-15-3-2-4-16-26/h6-13H,2-5,14-18H2,1H3,(H,25,28). The van der Waals surface area contributed by atoms with Crippen molar-refractivity contribution < 1.29 is 17.6 Å². The van der Waals surface area contributed by atoms with Gasteiger partial charge in [0, 0.05) is 6.54 Å². The molecular formula is C23H30FN3O3S. The van der Waals surface area contributed by atoms with Crippen LogP contribution >= 0.6 is 0 Å². The number of hydrogen-bond donors (Lipinski definition) is 1. The highest BCUT2D eigenvalue weighted by atomic mass is 32.2. The maximum atomic E-state index is 13.4. The lowest BCUT2D eigenvalue weighted by molar-refractivity contribution is -0.119. The highest BCUT2D eigenvalue weighted by Gasteiger charge is 2.27. The Bertz CT molecular complexity index is 957. The average Bonchev–Trinajstić information content (AvgIpc) is 2.77. The van der Waals surface area contributed by atoms with Crippen LogP contribution in [0.2, 0.25) is 0 Å². The van der Waals surface area contributed by atoms with Crippen LogP contribution in [0.1, 0.15) is 31.2 Å². The van der Waals surface area contributed by atoms with Crippen LogP contribution in [0.4, 0.5) is 10.1 Å². The molecule has 1 amide bonds. The lowest BCUT2D eigenvalue weighted by atomic mass is 10.1. The molecule has 0 aliphatic carbocycles. The number of nitrogens with zero attached hydrogens (tertiary/aromatic N) is 2. The third-order valence-corrected chi connectivity index (χ3v) is 7.22. The Balaban J connectivity index is 1.67. The zero-order valence-corrected chi connectivity index (χ0v) is 18.7. The number of aryl methyl sites for hydroxylation is 1. The van der Waals surface area contributed by atoms with Crippen LogP contribution < -0.4 is 9.62 Å². The van der Waals surface area contributed by atoms with Crippen molar-refractivity contribution in [3.05, 3.63) is 59.9 Å². The Hall–Kier alpha value is -2.45. The van der Waals surface area contributed by atoms with E-state index in [1.54, 1.807) is 12.1 Å². The van der Waals surface area contributed by atoms with Crippen molar-refractivity contribution in [3.8, 4) is 0 Å². The zero-order valence-electron chi connectivity index (χ0n) is 17.9. The Labute approximate surface area is 184 Å². The number of nitrogens with one attached hydrogen (secondary N) is 1. The van der Waals surface area contributed by atoms with Crippen molar-refractivity contribution in [1.29, 1.82) is 0 Å². The van der Waals surface area contributed by atoms with E-state index in [1.165, 1.54) is 55.7 Å². The van der Waals surface area contributed by atoms with Gasteiger partial charge in [0.05, 0.1) is 10.6 Å². The molecule has 0 spiro atoms. The lowest BCUT2D eigenvalue weighted by Gasteiger charge is -2.26. The summed E-state index contributed by atoms with van der Waals surface area (Å²) in [5.74, 6) is -0.864. The van der Waals surface area contributed by atoms with E-state index in [-0.39, 0.29) is 17.1 Å². The molecule has 3 rings (SSSR count). The second kappa shape index (κ2) is 10.7. The van der Waals surface area contributed by atoms with Crippen molar-refractivity contribution in [1.82, 2.24) is 10.2 Å². The van der Waals surface area contributed by atoms with Crippen molar-refractivity contribution >= 4 is 21.6 Å². The van der Waals surface area contributed by atoms with E-state index in [9.17, 15) is 17.6 Å². The van der Waals surface area contributed by atoms with E-state index < -0.39 is 21.7 Å². The normalized spacial score (nSPS) is 14.9. The van der Waals surface area contributed by atoms with E-state index in [0.29, 0.717) is 6.54 Å². The first-order valence-electron chi connectivity index (χ1n) is 10.7. The molecule has 0 atom stereocenters. The molecule has 1 saturated heterocycles. The number of carbonyl (C=O) groups excluding carboxylic acids is 1. The van der Waals surface area contributed by atoms with Gasteiger partial charge in [0.1, 0.15) is 12.4 Å². The maximum Gasteiger partial charge on any atom is 0.264 e. The van der Waals surface area contributed by atoms with Crippen molar-refractivity contribution in [2.45, 2.75) is 37.5 Å². The minimum Gasteiger partial charge on any atom is -0.354 e. The van der Waals surface area contributed by atoms with Gasteiger partial charge in [-0.05, 0) is 82.2 Å². The SMILES string of the molecule is Cc1ccc(S(=O)(=O)N(CC(=O)NCCCN2CCCCC2)c2ccc(F)cc2)cc1. The second-order valence-electron chi connectivity index (χ2n) is 7.91. The summed E-state index contributed by atoms with van der Waals surface area (Å²) >= 11 is 0. The molecule has 1 aliphatic heterocycles. The van der Waals surface area contributed by atoms with Gasteiger partial charge in [0.25, 0.3) is 10.0 Å². The quantitative estimate of drug-likeness (QED) is 0.599. The molecule has 0 aromatic heterocycles. The largest absolute Gasteiger partial charge is 0.354 e. The fourth-order valence-corrected chi connectivity index (χ4v) is 5.08. The molecule has 6 nitrogen and oxygen atoms in total. The second-order valence-corrected chi connectivity index (χ2v) is 9.77. The molecule has 31 heavy (non-hydrogen) atoms. The van der Waals surface area contributed by atoms with Crippen LogP contribution in [0.25, 0.3) is 0 Å². The summed E-state index contributed by atoms with van der Waals surface area (Å²) in [6.45, 7) is 5.10. The molecule has 2 aromatic rings. The first kappa shape index (κ1) is 23.2. The summed E-state index contributed by atoms with van der Waals surface area (Å²) in [7, 11) is -3.98. The van der Waals surface area contributed by atoms with Gasteiger partial charge in [-0.3, -0.25) is 9.10 Å². The van der Waals surface area contributed by atoms with Gasteiger partial charge < -0.3 is 10.2 Å². The van der Waals surface area contributed by atoms with Gasteiger partial charge in [-0.1, -0.05) is 24.1 Å². The number of anilines is 1. The van der Waals surface area contributed by atoms with Crippen LogP contribution in [-0.4, -0.2) is 51.9 Å². The Morgan fingerprint density at radius 3 is 2.32 bits per heavy atom. The van der Waals surface area contributed by atoms with Crippen LogP contribution in [0, 0.1) is 12.7 Å². The van der Waals surface area contributed by atoms with Crippen LogP contribution in [0.15, 0.2) is 53.4 Å². The number of sulfonamides is 1. The van der Waals surface area contributed by atoms with Gasteiger partial charge in [0.2, 0.25) is 5.91 Å². The third kappa shape index (κ3) is 6.51. The molecule has 0 radical (unpaired) electrons. The smallest absolute Gasteiger partial charge is 0.264 e. The van der Waals surface area contributed by atoms with Gasteiger partial charge in [-0.25, -0.2) is 12.8 Å². The molecule has 168 valence electrons. The summed E-state index contributed by atoms with van der Waals surface area (Å²) in [6, 6.07) is 11.5. The van der Waals surface area contributed by atoms with Gasteiger partial charge >= 0.3 is 0 Å². The first-order chi connectivity index (χ1) is 14.9. The zero-order chi connectivity index (χ0) is 22.3.